The first-order valence-corrected chi connectivity index (χ1v) is 6.92. The zero-order valence-corrected chi connectivity index (χ0v) is 12.8. The maximum atomic E-state index is 5.73. The van der Waals surface area contributed by atoms with E-state index in [0.29, 0.717) is 6.54 Å². The van der Waals surface area contributed by atoms with Gasteiger partial charge in [0.05, 0.1) is 12.1 Å². The van der Waals surface area contributed by atoms with Crippen molar-refractivity contribution in [2.75, 3.05) is 6.61 Å². The minimum Gasteiger partial charge on any atom is -0.493 e. The molecule has 0 amide bonds. The van der Waals surface area contributed by atoms with Crippen LogP contribution in [-0.4, -0.2) is 12.1 Å². The number of nitrogens with one attached hydrogen (secondary N) is 1. The van der Waals surface area contributed by atoms with Gasteiger partial charge in [-0.15, -0.1) is 6.42 Å². The second kappa shape index (κ2) is 6.82. The molecule has 0 radical (unpaired) electrons. The first-order valence-electron chi connectivity index (χ1n) is 6.12. The molecular formula is C15H20BrNO. The van der Waals surface area contributed by atoms with Crippen molar-refractivity contribution >= 4 is 15.9 Å². The Kier molecular flexibility index (Phi) is 5.71. The van der Waals surface area contributed by atoms with Crippen LogP contribution in [0.1, 0.15) is 32.8 Å². The molecule has 0 atom stereocenters. The smallest absolute Gasteiger partial charge is 0.123 e. The number of hydrogen-bond donors (Lipinski definition) is 1. The Balaban J connectivity index is 2.79. The van der Waals surface area contributed by atoms with E-state index in [1.54, 1.807) is 0 Å². The average Bonchev–Trinajstić information content (AvgIpc) is 2.35. The number of terminal acetylenes is 1. The third-order valence-corrected chi connectivity index (χ3v) is 3.06. The summed E-state index contributed by atoms with van der Waals surface area (Å²) in [5, 5.41) is 3.33. The predicted octanol–water partition coefficient (Wildman–Crippen LogP) is 3.74. The normalized spacial score (nSPS) is 11.1. The van der Waals surface area contributed by atoms with E-state index in [0.717, 1.165) is 28.8 Å². The Morgan fingerprint density at radius 3 is 2.78 bits per heavy atom. The van der Waals surface area contributed by atoms with Crippen molar-refractivity contribution < 1.29 is 4.74 Å². The summed E-state index contributed by atoms with van der Waals surface area (Å²) in [6.45, 7) is 7.48. The molecule has 0 fully saturated rings. The summed E-state index contributed by atoms with van der Waals surface area (Å²) in [5.41, 5.74) is 0.797. The first kappa shape index (κ1) is 15.1. The van der Waals surface area contributed by atoms with Crippen molar-refractivity contribution in [1.82, 2.24) is 5.32 Å². The molecule has 0 aromatic heterocycles. The molecule has 3 heteroatoms. The second-order valence-electron chi connectivity index (χ2n) is 4.72. The van der Waals surface area contributed by atoms with Crippen LogP contribution in [0.3, 0.4) is 0 Å². The van der Waals surface area contributed by atoms with Crippen molar-refractivity contribution in [1.29, 1.82) is 0 Å². The Hall–Kier alpha value is -0.980. The monoisotopic (exact) mass is 309 g/mol. The third kappa shape index (κ3) is 4.72. The van der Waals surface area contributed by atoms with Crippen molar-refractivity contribution in [2.24, 2.45) is 0 Å². The van der Waals surface area contributed by atoms with Crippen LogP contribution in [0, 0.1) is 12.3 Å². The molecule has 0 bridgehead atoms. The first-order chi connectivity index (χ1) is 8.48. The largest absolute Gasteiger partial charge is 0.493 e. The van der Waals surface area contributed by atoms with Crippen molar-refractivity contribution in [2.45, 2.75) is 39.3 Å². The molecule has 0 aliphatic heterocycles. The molecular weight excluding hydrogens is 290 g/mol. The van der Waals surface area contributed by atoms with Gasteiger partial charge in [-0.05, 0) is 38.5 Å². The van der Waals surface area contributed by atoms with Gasteiger partial charge in [0.1, 0.15) is 5.75 Å². The van der Waals surface area contributed by atoms with Crippen LogP contribution >= 0.6 is 15.9 Å². The molecule has 1 N–H and O–H groups in total. The Bertz CT molecular complexity index is 435. The highest BCUT2D eigenvalue weighted by Crippen LogP contribution is 2.24. The van der Waals surface area contributed by atoms with Gasteiger partial charge < -0.3 is 4.74 Å². The van der Waals surface area contributed by atoms with E-state index < -0.39 is 0 Å². The molecule has 0 aliphatic rings. The van der Waals surface area contributed by atoms with Crippen molar-refractivity contribution in [3.8, 4) is 18.1 Å². The summed E-state index contributed by atoms with van der Waals surface area (Å²) in [5.74, 6) is 3.64. The standard InChI is InChI=1S/C15H20BrNO/c1-5-9-18-14-8-7-13(16)10-12(14)11-17-15(3,4)6-2/h2,7-8,10,17H,5,9,11H2,1,3-4H3. The lowest BCUT2D eigenvalue weighted by atomic mass is 10.1. The lowest BCUT2D eigenvalue weighted by molar-refractivity contribution is 0.312. The van der Waals surface area contributed by atoms with Crippen molar-refractivity contribution in [3.05, 3.63) is 28.2 Å². The molecule has 18 heavy (non-hydrogen) atoms. The molecule has 0 heterocycles. The lowest BCUT2D eigenvalue weighted by Crippen LogP contribution is -2.37. The van der Waals surface area contributed by atoms with Crippen LogP contribution in [0.4, 0.5) is 0 Å². The van der Waals surface area contributed by atoms with Crippen LogP contribution < -0.4 is 10.1 Å². The quantitative estimate of drug-likeness (QED) is 0.808. The molecule has 0 saturated heterocycles. The molecule has 0 spiro atoms. The van der Waals surface area contributed by atoms with E-state index in [1.165, 1.54) is 0 Å². The van der Waals surface area contributed by atoms with Gasteiger partial charge in [-0.2, -0.15) is 0 Å². The summed E-state index contributed by atoms with van der Waals surface area (Å²) in [6, 6.07) is 6.03. The zero-order chi connectivity index (χ0) is 13.6. The molecule has 0 aliphatic carbocycles. The fourth-order valence-corrected chi connectivity index (χ4v) is 1.81. The van der Waals surface area contributed by atoms with E-state index in [-0.39, 0.29) is 5.54 Å². The SMILES string of the molecule is C#CC(C)(C)NCc1cc(Br)ccc1OCCC. The number of hydrogen-bond acceptors (Lipinski definition) is 2. The summed E-state index contributed by atoms with van der Waals surface area (Å²) in [7, 11) is 0. The van der Waals surface area contributed by atoms with Gasteiger partial charge in [-0.25, -0.2) is 0 Å². The van der Waals surface area contributed by atoms with Gasteiger partial charge >= 0.3 is 0 Å². The molecule has 1 aromatic rings. The van der Waals surface area contributed by atoms with Crippen LogP contribution in [0.25, 0.3) is 0 Å². The van der Waals surface area contributed by atoms with E-state index in [9.17, 15) is 0 Å². The van der Waals surface area contributed by atoms with Crippen LogP contribution in [-0.2, 0) is 6.54 Å². The minimum absolute atomic E-state index is 0.315. The number of benzene rings is 1. The Morgan fingerprint density at radius 2 is 2.17 bits per heavy atom. The molecule has 1 aromatic carbocycles. The van der Waals surface area contributed by atoms with Gasteiger partial charge in [0.15, 0.2) is 0 Å². The molecule has 98 valence electrons. The van der Waals surface area contributed by atoms with Crippen LogP contribution in [0.5, 0.6) is 5.75 Å². The lowest BCUT2D eigenvalue weighted by Gasteiger charge is -2.21. The topological polar surface area (TPSA) is 21.3 Å². The third-order valence-electron chi connectivity index (χ3n) is 2.57. The number of halogens is 1. The Morgan fingerprint density at radius 1 is 1.44 bits per heavy atom. The van der Waals surface area contributed by atoms with E-state index in [2.05, 4.69) is 40.2 Å². The fraction of sp³-hybridized carbons (Fsp3) is 0.467. The zero-order valence-electron chi connectivity index (χ0n) is 11.2. The molecule has 1 rings (SSSR count). The minimum atomic E-state index is -0.315. The highest BCUT2D eigenvalue weighted by Gasteiger charge is 2.14. The van der Waals surface area contributed by atoms with Gasteiger partial charge in [0.2, 0.25) is 0 Å². The van der Waals surface area contributed by atoms with Crippen LogP contribution in [0.15, 0.2) is 22.7 Å². The van der Waals surface area contributed by atoms with Crippen molar-refractivity contribution in [3.63, 3.8) is 0 Å². The highest BCUT2D eigenvalue weighted by molar-refractivity contribution is 9.10. The number of rotatable bonds is 6. The number of ether oxygens (including phenoxy) is 1. The Labute approximate surface area is 118 Å². The fourth-order valence-electron chi connectivity index (χ4n) is 1.41. The second-order valence-corrected chi connectivity index (χ2v) is 5.64. The predicted molar refractivity (Wildman–Crippen MR) is 79.7 cm³/mol. The molecule has 2 nitrogen and oxygen atoms in total. The summed E-state index contributed by atoms with van der Waals surface area (Å²) >= 11 is 3.48. The summed E-state index contributed by atoms with van der Waals surface area (Å²) in [4.78, 5) is 0. The van der Waals surface area contributed by atoms with Gasteiger partial charge in [-0.3, -0.25) is 5.32 Å². The summed E-state index contributed by atoms with van der Waals surface area (Å²) in [6.07, 6.45) is 6.46. The van der Waals surface area contributed by atoms with E-state index in [1.807, 2.05) is 26.0 Å². The highest BCUT2D eigenvalue weighted by atomic mass is 79.9. The molecule has 0 saturated carbocycles. The molecule has 0 unspecified atom stereocenters. The average molecular weight is 310 g/mol. The van der Waals surface area contributed by atoms with Gasteiger partial charge in [0.25, 0.3) is 0 Å². The van der Waals surface area contributed by atoms with Crippen LogP contribution in [0.2, 0.25) is 0 Å². The maximum Gasteiger partial charge on any atom is 0.123 e. The maximum absolute atomic E-state index is 5.73. The van der Waals surface area contributed by atoms with Gasteiger partial charge in [0, 0.05) is 16.6 Å². The summed E-state index contributed by atoms with van der Waals surface area (Å²) < 4.78 is 6.77. The van der Waals surface area contributed by atoms with E-state index in [4.69, 9.17) is 11.2 Å². The van der Waals surface area contributed by atoms with Gasteiger partial charge in [-0.1, -0.05) is 28.8 Å². The van der Waals surface area contributed by atoms with E-state index >= 15 is 0 Å².